The average Bonchev–Trinajstić information content (AvgIpc) is 2.68. The third-order valence-electron chi connectivity index (χ3n) is 4.12. The number of thioether (sulfide) groups is 1. The number of halogens is 2. The van der Waals surface area contributed by atoms with E-state index in [1.807, 2.05) is 43.3 Å². The van der Waals surface area contributed by atoms with Crippen molar-refractivity contribution in [3.63, 3.8) is 0 Å². The molecule has 28 heavy (non-hydrogen) atoms. The molecule has 0 fully saturated rings. The van der Waals surface area contributed by atoms with Crippen molar-refractivity contribution in [3.8, 4) is 0 Å². The minimum Gasteiger partial charge on any atom is -0.210 e. The van der Waals surface area contributed by atoms with Gasteiger partial charge in [0.15, 0.2) is 0 Å². The van der Waals surface area contributed by atoms with Crippen LogP contribution in [0.1, 0.15) is 16.4 Å². The highest BCUT2D eigenvalue weighted by Gasteiger charge is 2.19. The molecule has 0 saturated carbocycles. The van der Waals surface area contributed by atoms with Gasteiger partial charge in [-0.05, 0) is 61.0 Å². The van der Waals surface area contributed by atoms with Crippen molar-refractivity contribution >= 4 is 45.0 Å². The predicted molar refractivity (Wildman–Crippen MR) is 118 cm³/mol. The molecule has 0 aliphatic heterocycles. The number of aryl methyl sites for hydroxylation is 1. The Morgan fingerprint density at radius 3 is 1.96 bits per heavy atom. The summed E-state index contributed by atoms with van der Waals surface area (Å²) in [6.07, 6.45) is 0. The van der Waals surface area contributed by atoms with E-state index in [0.717, 1.165) is 16.0 Å². The Hall–Kier alpha value is -1.50. The molecule has 0 aromatic heterocycles. The fourth-order valence-corrected chi connectivity index (χ4v) is 5.05. The highest BCUT2D eigenvalue weighted by Crippen LogP contribution is 2.36. The lowest BCUT2D eigenvalue weighted by atomic mass is 10.1. The number of hydrogen-bond acceptors (Lipinski definition) is 3. The van der Waals surface area contributed by atoms with Crippen LogP contribution in [0.4, 0.5) is 0 Å². The smallest absolute Gasteiger partial charge is 0.210 e. The zero-order valence-electron chi connectivity index (χ0n) is 15.1. The quantitative estimate of drug-likeness (QED) is 0.440. The monoisotopic (exact) mass is 451 g/mol. The second kappa shape index (κ2) is 9.33. The predicted octanol–water partition coefficient (Wildman–Crippen LogP) is 6.11. The third-order valence-corrected chi connectivity index (χ3v) is 7.33. The molecule has 0 aliphatic rings. The van der Waals surface area contributed by atoms with Crippen molar-refractivity contribution in [1.82, 2.24) is 4.72 Å². The first-order valence-electron chi connectivity index (χ1n) is 8.57. The van der Waals surface area contributed by atoms with Gasteiger partial charge in [-0.1, -0.05) is 53.0 Å². The van der Waals surface area contributed by atoms with Crippen LogP contribution in [0.3, 0.4) is 0 Å². The fourth-order valence-electron chi connectivity index (χ4n) is 2.57. The highest BCUT2D eigenvalue weighted by atomic mass is 35.5. The van der Waals surface area contributed by atoms with Crippen molar-refractivity contribution in [2.24, 2.45) is 0 Å². The lowest BCUT2D eigenvalue weighted by molar-refractivity contribution is 0.581. The summed E-state index contributed by atoms with van der Waals surface area (Å²) >= 11 is 13.5. The average molecular weight is 452 g/mol. The minimum atomic E-state index is -3.60. The molecule has 1 unspecified atom stereocenters. The number of benzene rings is 3. The lowest BCUT2D eigenvalue weighted by Crippen LogP contribution is -2.27. The van der Waals surface area contributed by atoms with E-state index in [1.54, 1.807) is 48.2 Å². The second-order valence-corrected chi connectivity index (χ2v) is 10.2. The van der Waals surface area contributed by atoms with E-state index in [1.165, 1.54) is 0 Å². The van der Waals surface area contributed by atoms with Crippen molar-refractivity contribution in [3.05, 3.63) is 94.0 Å². The van der Waals surface area contributed by atoms with E-state index in [9.17, 15) is 8.42 Å². The summed E-state index contributed by atoms with van der Waals surface area (Å²) in [6.45, 7) is 2.16. The molecule has 0 spiro atoms. The summed E-state index contributed by atoms with van der Waals surface area (Å²) in [4.78, 5) is 1.25. The Morgan fingerprint density at radius 2 is 1.39 bits per heavy atom. The molecule has 0 heterocycles. The van der Waals surface area contributed by atoms with Gasteiger partial charge in [-0.3, -0.25) is 0 Å². The van der Waals surface area contributed by atoms with Gasteiger partial charge in [0, 0.05) is 26.7 Å². The molecule has 0 radical (unpaired) electrons. The Bertz CT molecular complexity index is 1020. The van der Waals surface area contributed by atoms with Gasteiger partial charge in [0.2, 0.25) is 10.0 Å². The first kappa shape index (κ1) is 21.2. The number of hydrogen-bond donors (Lipinski definition) is 1. The number of sulfonamides is 1. The molecular formula is C21H19Cl2NO2S2. The van der Waals surface area contributed by atoms with Crippen LogP contribution in [0.2, 0.25) is 10.0 Å². The van der Waals surface area contributed by atoms with Gasteiger partial charge in [-0.2, -0.15) is 0 Å². The lowest BCUT2D eigenvalue weighted by Gasteiger charge is -2.18. The SMILES string of the molecule is Cc1ccc(S(=O)(=O)NCC(Sc2ccc(Cl)cc2)c2ccc(Cl)cc2)cc1. The van der Waals surface area contributed by atoms with E-state index in [2.05, 4.69) is 4.72 Å². The number of nitrogens with one attached hydrogen (secondary N) is 1. The minimum absolute atomic E-state index is 0.126. The molecule has 3 aromatic carbocycles. The standard InChI is InChI=1S/C21H19Cl2NO2S2/c1-15-2-12-20(13-3-15)28(25,26)24-14-21(16-4-6-17(22)7-5-16)27-19-10-8-18(23)9-11-19/h2-13,21,24H,14H2,1H3. The van der Waals surface area contributed by atoms with Crippen LogP contribution in [-0.4, -0.2) is 15.0 Å². The molecule has 0 saturated heterocycles. The van der Waals surface area contributed by atoms with E-state index >= 15 is 0 Å². The summed E-state index contributed by atoms with van der Waals surface area (Å²) in [7, 11) is -3.60. The first-order chi connectivity index (χ1) is 13.3. The zero-order valence-corrected chi connectivity index (χ0v) is 18.2. The van der Waals surface area contributed by atoms with Crippen LogP contribution in [0.25, 0.3) is 0 Å². The van der Waals surface area contributed by atoms with Gasteiger partial charge < -0.3 is 0 Å². The largest absolute Gasteiger partial charge is 0.240 e. The van der Waals surface area contributed by atoms with Crippen molar-refractivity contribution in [2.75, 3.05) is 6.54 Å². The van der Waals surface area contributed by atoms with Gasteiger partial charge in [0.05, 0.1) is 4.90 Å². The van der Waals surface area contributed by atoms with Crippen LogP contribution in [0.15, 0.2) is 82.6 Å². The highest BCUT2D eigenvalue weighted by molar-refractivity contribution is 7.99. The number of rotatable bonds is 7. The Morgan fingerprint density at radius 1 is 0.857 bits per heavy atom. The zero-order chi connectivity index (χ0) is 20.1. The summed E-state index contributed by atoms with van der Waals surface area (Å²) in [5, 5.41) is 1.17. The maximum absolute atomic E-state index is 12.7. The summed E-state index contributed by atoms with van der Waals surface area (Å²) in [5.41, 5.74) is 1.99. The molecule has 0 aliphatic carbocycles. The van der Waals surface area contributed by atoms with E-state index < -0.39 is 10.0 Å². The molecule has 7 heteroatoms. The van der Waals surface area contributed by atoms with Crippen LogP contribution in [0, 0.1) is 6.92 Å². The summed E-state index contributed by atoms with van der Waals surface area (Å²) < 4.78 is 28.1. The molecule has 1 atom stereocenters. The molecule has 3 aromatic rings. The van der Waals surface area contributed by atoms with Gasteiger partial charge in [-0.15, -0.1) is 11.8 Å². The van der Waals surface area contributed by atoms with Gasteiger partial charge in [-0.25, -0.2) is 13.1 Å². The van der Waals surface area contributed by atoms with Crippen LogP contribution >= 0.6 is 35.0 Å². The maximum Gasteiger partial charge on any atom is 0.240 e. The van der Waals surface area contributed by atoms with Gasteiger partial charge >= 0.3 is 0 Å². The van der Waals surface area contributed by atoms with Gasteiger partial charge in [0.1, 0.15) is 0 Å². The first-order valence-corrected chi connectivity index (χ1v) is 11.7. The molecule has 1 N–H and O–H groups in total. The topological polar surface area (TPSA) is 46.2 Å². The Kier molecular flexibility index (Phi) is 7.07. The van der Waals surface area contributed by atoms with Crippen LogP contribution in [0.5, 0.6) is 0 Å². The molecule has 0 amide bonds. The van der Waals surface area contributed by atoms with E-state index in [0.29, 0.717) is 10.0 Å². The van der Waals surface area contributed by atoms with Gasteiger partial charge in [0.25, 0.3) is 0 Å². The molecule has 0 bridgehead atoms. The third kappa shape index (κ3) is 5.75. The van der Waals surface area contributed by atoms with Crippen LogP contribution in [-0.2, 0) is 10.0 Å². The summed E-state index contributed by atoms with van der Waals surface area (Å²) in [6, 6.07) is 21.7. The summed E-state index contributed by atoms with van der Waals surface area (Å²) in [5.74, 6) is 0. The normalized spacial score (nSPS) is 12.7. The molecule has 146 valence electrons. The Labute approximate surface area is 180 Å². The van der Waals surface area contributed by atoms with Crippen molar-refractivity contribution < 1.29 is 8.42 Å². The van der Waals surface area contributed by atoms with Crippen molar-refractivity contribution in [2.45, 2.75) is 22.0 Å². The Balaban J connectivity index is 1.81. The van der Waals surface area contributed by atoms with Crippen LogP contribution < -0.4 is 4.72 Å². The molecule has 3 rings (SSSR count). The van der Waals surface area contributed by atoms with E-state index in [-0.39, 0.29) is 16.7 Å². The fraction of sp³-hybridized carbons (Fsp3) is 0.143. The molecule has 3 nitrogen and oxygen atoms in total. The van der Waals surface area contributed by atoms with Crippen molar-refractivity contribution in [1.29, 1.82) is 0 Å². The second-order valence-electron chi connectivity index (χ2n) is 6.28. The maximum atomic E-state index is 12.7. The van der Waals surface area contributed by atoms with E-state index in [4.69, 9.17) is 23.2 Å². The molecular weight excluding hydrogens is 433 g/mol.